The van der Waals surface area contributed by atoms with Gasteiger partial charge in [0.05, 0.1) is 13.2 Å². The van der Waals surface area contributed by atoms with Gasteiger partial charge in [-0.2, -0.15) is 0 Å². The molecule has 2 aromatic carbocycles. The SMILES string of the molecule is CN(C)CCNC(=O)c1ccc2[nH]c(C(=O)NCCN3CCOCC3)cc2c1-c1c[nH]c2ccccc12. The lowest BCUT2D eigenvalue weighted by atomic mass is 9.95. The Hall–Kier alpha value is -3.66. The third-order valence-electron chi connectivity index (χ3n) is 6.81. The number of benzene rings is 2. The molecular formula is C28H34N6O3. The van der Waals surface area contributed by atoms with Gasteiger partial charge in [-0.1, -0.05) is 18.2 Å². The molecule has 2 amide bonds. The number of aromatic nitrogens is 2. The number of likely N-dealkylation sites (N-methyl/N-ethyl adjacent to an activating group) is 1. The molecule has 4 N–H and O–H groups in total. The predicted octanol–water partition coefficient (Wildman–Crippen LogP) is 2.67. The summed E-state index contributed by atoms with van der Waals surface area (Å²) in [6.07, 6.45) is 1.94. The van der Waals surface area contributed by atoms with Crippen molar-refractivity contribution in [1.82, 2.24) is 30.4 Å². The number of aromatic amines is 2. The molecule has 0 radical (unpaired) electrons. The number of morpholine rings is 1. The van der Waals surface area contributed by atoms with Crippen LogP contribution in [0.3, 0.4) is 0 Å². The van der Waals surface area contributed by atoms with Crippen molar-refractivity contribution >= 4 is 33.6 Å². The molecule has 0 spiro atoms. The van der Waals surface area contributed by atoms with E-state index in [1.165, 1.54) is 0 Å². The van der Waals surface area contributed by atoms with E-state index in [1.807, 2.05) is 67.7 Å². The molecule has 1 aliphatic heterocycles. The third kappa shape index (κ3) is 5.53. The van der Waals surface area contributed by atoms with Crippen LogP contribution in [0.15, 0.2) is 48.7 Å². The summed E-state index contributed by atoms with van der Waals surface area (Å²) in [7, 11) is 3.95. The number of carbonyl (C=O) groups is 2. The molecule has 9 heteroatoms. The van der Waals surface area contributed by atoms with Crippen LogP contribution in [0.1, 0.15) is 20.8 Å². The van der Waals surface area contributed by atoms with E-state index >= 15 is 0 Å². The fourth-order valence-electron chi connectivity index (χ4n) is 4.82. The molecule has 9 nitrogen and oxygen atoms in total. The van der Waals surface area contributed by atoms with Gasteiger partial charge in [0, 0.05) is 84.0 Å². The Labute approximate surface area is 216 Å². The van der Waals surface area contributed by atoms with Crippen LogP contribution in [0.2, 0.25) is 0 Å². The molecule has 194 valence electrons. The zero-order valence-electron chi connectivity index (χ0n) is 21.4. The number of hydrogen-bond donors (Lipinski definition) is 4. The van der Waals surface area contributed by atoms with Crippen molar-refractivity contribution in [3.8, 4) is 11.1 Å². The van der Waals surface area contributed by atoms with E-state index < -0.39 is 0 Å². The number of rotatable bonds is 9. The summed E-state index contributed by atoms with van der Waals surface area (Å²) in [6.45, 7) is 5.87. The maximum Gasteiger partial charge on any atom is 0.267 e. The largest absolute Gasteiger partial charge is 0.379 e. The Morgan fingerprint density at radius 2 is 1.76 bits per heavy atom. The van der Waals surface area contributed by atoms with Gasteiger partial charge in [-0.25, -0.2) is 0 Å². The number of amides is 2. The average molecular weight is 503 g/mol. The summed E-state index contributed by atoms with van der Waals surface area (Å²) in [5.41, 5.74) is 4.59. The second-order valence-electron chi connectivity index (χ2n) is 9.65. The molecule has 5 rings (SSSR count). The van der Waals surface area contributed by atoms with E-state index in [4.69, 9.17) is 4.74 Å². The fourth-order valence-corrected chi connectivity index (χ4v) is 4.82. The number of carbonyl (C=O) groups excluding carboxylic acids is 2. The lowest BCUT2D eigenvalue weighted by Gasteiger charge is -2.26. The summed E-state index contributed by atoms with van der Waals surface area (Å²) in [5.74, 6) is -0.298. The Morgan fingerprint density at radius 1 is 0.973 bits per heavy atom. The molecule has 4 aromatic rings. The number of nitrogens with one attached hydrogen (secondary N) is 4. The number of H-pyrrole nitrogens is 2. The topological polar surface area (TPSA) is 105 Å². The minimum Gasteiger partial charge on any atom is -0.379 e. The first-order chi connectivity index (χ1) is 18.0. The van der Waals surface area contributed by atoms with E-state index in [9.17, 15) is 9.59 Å². The predicted molar refractivity (Wildman–Crippen MR) is 146 cm³/mol. The van der Waals surface area contributed by atoms with E-state index in [0.29, 0.717) is 24.3 Å². The van der Waals surface area contributed by atoms with Crippen LogP contribution in [0.25, 0.3) is 32.9 Å². The third-order valence-corrected chi connectivity index (χ3v) is 6.81. The zero-order chi connectivity index (χ0) is 25.8. The number of para-hydroxylation sites is 1. The number of nitrogens with zero attached hydrogens (tertiary/aromatic N) is 2. The Kier molecular flexibility index (Phi) is 7.55. The van der Waals surface area contributed by atoms with Crippen molar-refractivity contribution in [3.05, 3.63) is 59.9 Å². The quantitative estimate of drug-likeness (QED) is 0.282. The molecule has 0 atom stereocenters. The summed E-state index contributed by atoms with van der Waals surface area (Å²) in [6, 6.07) is 13.6. The van der Waals surface area contributed by atoms with Gasteiger partial charge in [0.1, 0.15) is 5.69 Å². The van der Waals surface area contributed by atoms with Crippen molar-refractivity contribution in [2.75, 3.05) is 66.6 Å². The van der Waals surface area contributed by atoms with Crippen LogP contribution in [0.5, 0.6) is 0 Å². The summed E-state index contributed by atoms with van der Waals surface area (Å²) in [4.78, 5) is 37.2. The van der Waals surface area contributed by atoms with Crippen LogP contribution in [-0.4, -0.2) is 98.2 Å². The highest BCUT2D eigenvalue weighted by Crippen LogP contribution is 2.37. The zero-order valence-corrected chi connectivity index (χ0v) is 21.4. The van der Waals surface area contributed by atoms with Crippen molar-refractivity contribution in [1.29, 1.82) is 0 Å². The summed E-state index contributed by atoms with van der Waals surface area (Å²) >= 11 is 0. The number of hydrogen-bond acceptors (Lipinski definition) is 5. The molecule has 0 unspecified atom stereocenters. The smallest absolute Gasteiger partial charge is 0.267 e. The van der Waals surface area contributed by atoms with Crippen LogP contribution < -0.4 is 10.6 Å². The fraction of sp³-hybridized carbons (Fsp3) is 0.357. The van der Waals surface area contributed by atoms with E-state index in [0.717, 1.165) is 72.3 Å². The van der Waals surface area contributed by atoms with Gasteiger partial charge in [0.2, 0.25) is 0 Å². The Balaban J connectivity index is 1.46. The maximum absolute atomic E-state index is 13.3. The van der Waals surface area contributed by atoms with Gasteiger partial charge in [-0.15, -0.1) is 0 Å². The normalized spacial score (nSPS) is 14.5. The van der Waals surface area contributed by atoms with E-state index in [-0.39, 0.29) is 11.8 Å². The first kappa shape index (κ1) is 25.0. The highest BCUT2D eigenvalue weighted by Gasteiger charge is 2.21. The number of fused-ring (bicyclic) bond motifs is 2. The molecule has 0 bridgehead atoms. The van der Waals surface area contributed by atoms with Crippen LogP contribution in [-0.2, 0) is 4.74 Å². The number of ether oxygens (including phenoxy) is 1. The summed E-state index contributed by atoms with van der Waals surface area (Å²) in [5, 5.41) is 7.92. The molecular weight excluding hydrogens is 468 g/mol. The molecule has 0 saturated carbocycles. The van der Waals surface area contributed by atoms with E-state index in [1.54, 1.807) is 0 Å². The molecule has 1 saturated heterocycles. The lowest BCUT2D eigenvalue weighted by molar-refractivity contribution is 0.0383. The van der Waals surface area contributed by atoms with Crippen LogP contribution >= 0.6 is 0 Å². The van der Waals surface area contributed by atoms with Gasteiger partial charge in [0.15, 0.2) is 0 Å². The van der Waals surface area contributed by atoms with Gasteiger partial charge < -0.3 is 30.2 Å². The minimum atomic E-state index is -0.161. The molecule has 1 aliphatic rings. The molecule has 3 heterocycles. The first-order valence-electron chi connectivity index (χ1n) is 12.7. The average Bonchev–Trinajstić information content (AvgIpc) is 3.53. The van der Waals surface area contributed by atoms with Crippen molar-refractivity contribution in [2.45, 2.75) is 0 Å². The van der Waals surface area contributed by atoms with E-state index in [2.05, 4.69) is 25.5 Å². The Morgan fingerprint density at radius 3 is 2.57 bits per heavy atom. The maximum atomic E-state index is 13.3. The Bertz CT molecular complexity index is 1400. The van der Waals surface area contributed by atoms with Gasteiger partial charge in [0.25, 0.3) is 11.8 Å². The van der Waals surface area contributed by atoms with Gasteiger partial charge in [-0.3, -0.25) is 14.5 Å². The lowest BCUT2D eigenvalue weighted by Crippen LogP contribution is -2.41. The van der Waals surface area contributed by atoms with Crippen molar-refractivity contribution in [2.24, 2.45) is 0 Å². The molecule has 37 heavy (non-hydrogen) atoms. The summed E-state index contributed by atoms with van der Waals surface area (Å²) < 4.78 is 5.39. The minimum absolute atomic E-state index is 0.137. The molecule has 2 aromatic heterocycles. The van der Waals surface area contributed by atoms with Gasteiger partial charge >= 0.3 is 0 Å². The monoisotopic (exact) mass is 502 g/mol. The molecule has 1 fully saturated rings. The first-order valence-corrected chi connectivity index (χ1v) is 12.7. The second kappa shape index (κ2) is 11.2. The van der Waals surface area contributed by atoms with Gasteiger partial charge in [-0.05, 0) is 38.4 Å². The highest BCUT2D eigenvalue weighted by molar-refractivity contribution is 6.14. The highest BCUT2D eigenvalue weighted by atomic mass is 16.5. The molecule has 0 aliphatic carbocycles. The van der Waals surface area contributed by atoms with Crippen LogP contribution in [0, 0.1) is 0 Å². The van der Waals surface area contributed by atoms with Crippen LogP contribution in [0.4, 0.5) is 0 Å². The second-order valence-corrected chi connectivity index (χ2v) is 9.65. The standard InChI is InChI=1S/C28H34N6O3/c1-33(2)11-9-29-27(35)20-7-8-24-21(26(20)22-18-31-23-6-4-3-5-19(22)23)17-25(32-24)28(36)30-10-12-34-13-15-37-16-14-34/h3-8,17-18,31-32H,9-16H2,1-2H3,(H,29,35)(H,30,36). The van der Waals surface area contributed by atoms with Crippen molar-refractivity contribution < 1.29 is 14.3 Å². The van der Waals surface area contributed by atoms with Crippen molar-refractivity contribution in [3.63, 3.8) is 0 Å².